The molecule has 0 saturated carbocycles. The molecule has 0 radical (unpaired) electrons. The number of likely N-dealkylation sites (tertiary alicyclic amines) is 1. The number of rotatable bonds is 8. The zero-order chi connectivity index (χ0) is 25.0. The van der Waals surface area contributed by atoms with Crippen LogP contribution in [-0.4, -0.2) is 52.8 Å². The minimum Gasteiger partial charge on any atom is -0.496 e. The molecular weight excluding hydrogens is 434 g/mol. The molecule has 34 heavy (non-hydrogen) atoms. The molecule has 1 fully saturated rings. The maximum absolute atomic E-state index is 13.6. The van der Waals surface area contributed by atoms with Crippen LogP contribution in [0.15, 0.2) is 28.8 Å². The van der Waals surface area contributed by atoms with Gasteiger partial charge in [0, 0.05) is 36.7 Å². The Morgan fingerprint density at radius 2 is 2.06 bits per heavy atom. The lowest BCUT2D eigenvalue weighted by Crippen LogP contribution is -2.48. The average molecular weight is 468 g/mol. The maximum Gasteiger partial charge on any atom is 0.243 e. The fourth-order valence-corrected chi connectivity index (χ4v) is 4.22. The first-order chi connectivity index (χ1) is 16.2. The topological polar surface area (TPSA) is 105 Å². The summed E-state index contributed by atoms with van der Waals surface area (Å²) in [6, 6.07) is 6.32. The van der Waals surface area contributed by atoms with Crippen LogP contribution in [0.25, 0.3) is 0 Å². The van der Waals surface area contributed by atoms with Crippen LogP contribution in [0.1, 0.15) is 68.5 Å². The molecule has 2 heterocycles. The van der Waals surface area contributed by atoms with Gasteiger partial charge in [-0.2, -0.15) is 0 Å². The minimum atomic E-state index is -0.785. The molecule has 2 N–H and O–H groups in total. The number of amides is 2. The SMILES string of the molecule is C#Cc1ccc(CNC(=O)[C@@H]2C[C@@H](O)CN2C(=O)[C@@H](c2cc(C(C)C)no2)C(C)C)c(OC)c1. The van der Waals surface area contributed by atoms with Gasteiger partial charge in [0.05, 0.1) is 18.9 Å². The number of nitrogens with one attached hydrogen (secondary N) is 1. The highest BCUT2D eigenvalue weighted by molar-refractivity contribution is 5.91. The number of ether oxygens (including phenoxy) is 1. The molecule has 8 nitrogen and oxygen atoms in total. The summed E-state index contributed by atoms with van der Waals surface area (Å²) < 4.78 is 10.9. The highest BCUT2D eigenvalue weighted by Crippen LogP contribution is 2.32. The van der Waals surface area contributed by atoms with Gasteiger partial charge >= 0.3 is 0 Å². The zero-order valence-corrected chi connectivity index (χ0v) is 20.4. The summed E-state index contributed by atoms with van der Waals surface area (Å²) in [4.78, 5) is 28.1. The normalized spacial score (nSPS) is 18.7. The van der Waals surface area contributed by atoms with Crippen molar-refractivity contribution in [3.63, 3.8) is 0 Å². The predicted molar refractivity (Wildman–Crippen MR) is 127 cm³/mol. The van der Waals surface area contributed by atoms with Crippen LogP contribution in [0.2, 0.25) is 0 Å². The lowest BCUT2D eigenvalue weighted by Gasteiger charge is -2.28. The fourth-order valence-electron chi connectivity index (χ4n) is 4.22. The summed E-state index contributed by atoms with van der Waals surface area (Å²) in [6.07, 6.45) is 4.83. The predicted octanol–water partition coefficient (Wildman–Crippen LogP) is 2.81. The number of nitrogens with zero attached hydrogens (tertiary/aromatic N) is 2. The number of methoxy groups -OCH3 is 1. The standard InChI is InChI=1S/C26H33N3O5/c1-7-17-8-9-18(22(10-17)33-6)13-27-25(31)21-11-19(30)14-29(21)26(32)24(16(4)5)23-12-20(15(2)3)28-34-23/h1,8-10,12,15-16,19,21,24,30H,11,13-14H2,2-6H3,(H,27,31)/t19-,21+,24-/m1/s1. The molecule has 1 aliphatic heterocycles. The molecular formula is C26H33N3O5. The van der Waals surface area contributed by atoms with E-state index >= 15 is 0 Å². The van der Waals surface area contributed by atoms with Crippen LogP contribution < -0.4 is 10.1 Å². The Hall–Kier alpha value is -3.31. The molecule has 1 saturated heterocycles. The molecule has 182 valence electrons. The molecule has 3 rings (SSSR count). The number of aliphatic hydroxyl groups is 1. The lowest BCUT2D eigenvalue weighted by atomic mass is 9.90. The molecule has 3 atom stereocenters. The van der Waals surface area contributed by atoms with Gasteiger partial charge in [0.25, 0.3) is 0 Å². The van der Waals surface area contributed by atoms with E-state index in [9.17, 15) is 14.7 Å². The third-order valence-corrected chi connectivity index (χ3v) is 6.15. The number of carbonyl (C=O) groups excluding carboxylic acids is 2. The molecule has 0 aliphatic carbocycles. The third-order valence-electron chi connectivity index (χ3n) is 6.15. The van der Waals surface area contributed by atoms with Crippen molar-refractivity contribution in [1.29, 1.82) is 0 Å². The smallest absolute Gasteiger partial charge is 0.243 e. The summed E-state index contributed by atoms with van der Waals surface area (Å²) in [7, 11) is 1.54. The Morgan fingerprint density at radius 3 is 2.65 bits per heavy atom. The van der Waals surface area contributed by atoms with E-state index in [-0.39, 0.29) is 43.2 Å². The fraction of sp³-hybridized carbons (Fsp3) is 0.500. The van der Waals surface area contributed by atoms with Gasteiger partial charge in [0.1, 0.15) is 23.5 Å². The second-order valence-electron chi connectivity index (χ2n) is 9.32. The molecule has 1 aromatic carbocycles. The van der Waals surface area contributed by atoms with Crippen LogP contribution >= 0.6 is 0 Å². The third kappa shape index (κ3) is 5.42. The minimum absolute atomic E-state index is 0.0825. The van der Waals surface area contributed by atoms with Crippen molar-refractivity contribution >= 4 is 11.8 Å². The summed E-state index contributed by atoms with van der Waals surface area (Å²) in [5.41, 5.74) is 2.21. The number of aromatic nitrogens is 1. The Labute approximate surface area is 200 Å². The van der Waals surface area contributed by atoms with Gasteiger partial charge < -0.3 is 24.6 Å². The van der Waals surface area contributed by atoms with Crippen LogP contribution in [-0.2, 0) is 16.1 Å². The Morgan fingerprint density at radius 1 is 1.32 bits per heavy atom. The van der Waals surface area contributed by atoms with Crippen molar-refractivity contribution in [2.75, 3.05) is 13.7 Å². The van der Waals surface area contributed by atoms with Gasteiger partial charge in [0.15, 0.2) is 0 Å². The number of β-amino-alcohol motifs (C(OH)–C–C–N with tert-alkyl or cyclic N) is 1. The molecule has 8 heteroatoms. The molecule has 2 amide bonds. The molecule has 1 aromatic heterocycles. The quantitative estimate of drug-likeness (QED) is 0.579. The molecule has 1 aliphatic rings. The van der Waals surface area contributed by atoms with Gasteiger partial charge in [-0.1, -0.05) is 44.8 Å². The van der Waals surface area contributed by atoms with Crippen LogP contribution in [0.3, 0.4) is 0 Å². The summed E-state index contributed by atoms with van der Waals surface area (Å²) in [5, 5.41) is 17.3. The van der Waals surface area contributed by atoms with Crippen molar-refractivity contribution in [2.24, 2.45) is 5.92 Å². The largest absolute Gasteiger partial charge is 0.496 e. The zero-order valence-electron chi connectivity index (χ0n) is 20.4. The average Bonchev–Trinajstić information content (AvgIpc) is 3.44. The Kier molecular flexibility index (Phi) is 8.00. The summed E-state index contributed by atoms with van der Waals surface area (Å²) >= 11 is 0. The van der Waals surface area contributed by atoms with Gasteiger partial charge in [-0.3, -0.25) is 9.59 Å². The van der Waals surface area contributed by atoms with E-state index < -0.39 is 18.1 Å². The van der Waals surface area contributed by atoms with Gasteiger partial charge in [-0.15, -0.1) is 6.42 Å². The van der Waals surface area contributed by atoms with E-state index in [1.807, 2.05) is 27.7 Å². The number of benzene rings is 1. The van der Waals surface area contributed by atoms with E-state index in [0.717, 1.165) is 11.3 Å². The number of hydrogen-bond donors (Lipinski definition) is 2. The first-order valence-corrected chi connectivity index (χ1v) is 11.5. The number of aliphatic hydroxyl groups excluding tert-OH is 1. The van der Waals surface area contributed by atoms with Gasteiger partial charge in [-0.25, -0.2) is 0 Å². The Bertz CT molecular complexity index is 1070. The molecule has 0 bridgehead atoms. The second-order valence-corrected chi connectivity index (χ2v) is 9.32. The first kappa shape index (κ1) is 25.3. The lowest BCUT2D eigenvalue weighted by molar-refractivity contribution is -0.141. The van der Waals surface area contributed by atoms with E-state index in [1.165, 1.54) is 12.0 Å². The van der Waals surface area contributed by atoms with Crippen molar-refractivity contribution in [3.8, 4) is 18.1 Å². The Balaban J connectivity index is 1.77. The second kappa shape index (κ2) is 10.7. The summed E-state index contributed by atoms with van der Waals surface area (Å²) in [5.74, 6) is 2.49. The van der Waals surface area contributed by atoms with E-state index in [2.05, 4.69) is 16.4 Å². The van der Waals surface area contributed by atoms with Crippen LogP contribution in [0.4, 0.5) is 0 Å². The van der Waals surface area contributed by atoms with Crippen LogP contribution in [0, 0.1) is 18.3 Å². The molecule has 0 unspecified atom stereocenters. The highest BCUT2D eigenvalue weighted by Gasteiger charge is 2.43. The first-order valence-electron chi connectivity index (χ1n) is 11.5. The highest BCUT2D eigenvalue weighted by atomic mass is 16.5. The molecule has 2 aromatic rings. The van der Waals surface area contributed by atoms with Crippen molar-refractivity contribution in [3.05, 3.63) is 46.8 Å². The maximum atomic E-state index is 13.6. The van der Waals surface area contributed by atoms with E-state index in [0.29, 0.717) is 17.1 Å². The monoisotopic (exact) mass is 467 g/mol. The number of carbonyl (C=O) groups is 2. The summed E-state index contributed by atoms with van der Waals surface area (Å²) in [6.45, 7) is 8.14. The number of terminal acetylenes is 1. The van der Waals surface area contributed by atoms with Gasteiger partial charge in [-0.05, 0) is 24.0 Å². The van der Waals surface area contributed by atoms with Crippen molar-refractivity contribution in [2.45, 2.75) is 64.6 Å². The van der Waals surface area contributed by atoms with E-state index in [4.69, 9.17) is 15.7 Å². The van der Waals surface area contributed by atoms with Crippen LogP contribution in [0.5, 0.6) is 5.75 Å². The van der Waals surface area contributed by atoms with Crippen molar-refractivity contribution in [1.82, 2.24) is 15.4 Å². The van der Waals surface area contributed by atoms with E-state index in [1.54, 1.807) is 24.3 Å². The molecule has 0 spiro atoms. The van der Waals surface area contributed by atoms with Gasteiger partial charge in [0.2, 0.25) is 11.8 Å². The number of hydrogen-bond acceptors (Lipinski definition) is 6. The van der Waals surface area contributed by atoms with Crippen molar-refractivity contribution < 1.29 is 24.0 Å².